The van der Waals surface area contributed by atoms with Gasteiger partial charge in [-0.15, -0.1) is 11.6 Å². The summed E-state index contributed by atoms with van der Waals surface area (Å²) in [6.07, 6.45) is 1.56. The maximum absolute atomic E-state index is 14.9. The van der Waals surface area contributed by atoms with E-state index in [2.05, 4.69) is 15.6 Å². The average Bonchev–Trinajstić information content (AvgIpc) is 2.89. The summed E-state index contributed by atoms with van der Waals surface area (Å²) in [5.41, 5.74) is 2.25. The van der Waals surface area contributed by atoms with Crippen LogP contribution in [0.5, 0.6) is 23.0 Å². The largest absolute Gasteiger partial charge is 0.493 e. The van der Waals surface area contributed by atoms with E-state index in [1.807, 2.05) is 0 Å². The normalized spacial score (nSPS) is 10.6. The summed E-state index contributed by atoms with van der Waals surface area (Å²) in [6, 6.07) is 16.1. The monoisotopic (exact) mass is 525 g/mol. The van der Waals surface area contributed by atoms with E-state index >= 15 is 0 Å². The zero-order valence-corrected chi connectivity index (χ0v) is 20.9. The molecule has 0 saturated carbocycles. The number of pyridine rings is 1. The molecule has 0 aliphatic carbocycles. The van der Waals surface area contributed by atoms with Crippen LogP contribution in [0.15, 0.2) is 66.9 Å². The van der Waals surface area contributed by atoms with Crippen LogP contribution in [0.1, 0.15) is 15.9 Å². The SMILES string of the molecule is COc1cc2nccc(Oc3ccc(NC(=S)NC(=O)c4ccc(CCl)cc4)cc3F)c2cc1OC. The molecule has 0 aliphatic heterocycles. The second-order valence-corrected chi connectivity index (χ2v) is 8.20. The van der Waals surface area contributed by atoms with Crippen molar-refractivity contribution >= 4 is 51.4 Å². The van der Waals surface area contributed by atoms with Gasteiger partial charge in [0.25, 0.3) is 5.91 Å². The lowest BCUT2D eigenvalue weighted by Gasteiger charge is -2.14. The molecule has 0 bridgehead atoms. The number of aromatic nitrogens is 1. The fraction of sp³-hybridized carbons (Fsp3) is 0.115. The fourth-order valence-corrected chi connectivity index (χ4v) is 3.79. The molecule has 1 heterocycles. The Labute approximate surface area is 217 Å². The molecule has 4 rings (SSSR count). The fourth-order valence-electron chi connectivity index (χ4n) is 3.40. The number of hydrogen-bond acceptors (Lipinski definition) is 6. The Kier molecular flexibility index (Phi) is 7.82. The van der Waals surface area contributed by atoms with Crippen molar-refractivity contribution in [3.05, 3.63) is 83.8 Å². The molecule has 2 N–H and O–H groups in total. The zero-order chi connectivity index (χ0) is 25.7. The number of amides is 1. The molecule has 4 aromatic rings. The highest BCUT2D eigenvalue weighted by molar-refractivity contribution is 7.80. The molecular weight excluding hydrogens is 505 g/mol. The minimum atomic E-state index is -0.628. The number of nitrogens with zero attached hydrogens (tertiary/aromatic N) is 1. The van der Waals surface area contributed by atoms with Gasteiger partial charge in [-0.25, -0.2) is 4.39 Å². The minimum Gasteiger partial charge on any atom is -0.493 e. The number of halogens is 2. The molecule has 1 amide bonds. The first kappa shape index (κ1) is 25.2. The lowest BCUT2D eigenvalue weighted by Crippen LogP contribution is -2.34. The smallest absolute Gasteiger partial charge is 0.257 e. The molecule has 3 aromatic carbocycles. The number of ether oxygens (including phenoxy) is 3. The van der Waals surface area contributed by atoms with Crippen molar-refractivity contribution in [1.29, 1.82) is 0 Å². The summed E-state index contributed by atoms with van der Waals surface area (Å²) in [4.78, 5) is 16.7. The Balaban J connectivity index is 1.47. The molecular formula is C26H21ClFN3O4S. The van der Waals surface area contributed by atoms with E-state index in [1.165, 1.54) is 26.4 Å². The first-order chi connectivity index (χ1) is 17.4. The highest BCUT2D eigenvalue weighted by Gasteiger charge is 2.14. The number of carbonyl (C=O) groups excluding carboxylic acids is 1. The number of hydrogen-bond donors (Lipinski definition) is 2. The van der Waals surface area contributed by atoms with Crippen molar-refractivity contribution in [2.45, 2.75) is 5.88 Å². The number of alkyl halides is 1. The number of methoxy groups -OCH3 is 2. The lowest BCUT2D eigenvalue weighted by atomic mass is 10.1. The molecule has 0 unspecified atom stereocenters. The second kappa shape index (κ2) is 11.2. The van der Waals surface area contributed by atoms with Crippen molar-refractivity contribution in [2.75, 3.05) is 19.5 Å². The number of rotatable bonds is 7. The van der Waals surface area contributed by atoms with Crippen LogP contribution in [-0.2, 0) is 5.88 Å². The first-order valence-corrected chi connectivity index (χ1v) is 11.6. The first-order valence-electron chi connectivity index (χ1n) is 10.7. The van der Waals surface area contributed by atoms with Gasteiger partial charge in [0.2, 0.25) is 0 Å². The maximum Gasteiger partial charge on any atom is 0.257 e. The molecule has 0 radical (unpaired) electrons. The Morgan fingerprint density at radius 3 is 2.36 bits per heavy atom. The van der Waals surface area contributed by atoms with E-state index in [0.717, 1.165) is 5.56 Å². The van der Waals surface area contributed by atoms with Gasteiger partial charge in [-0.1, -0.05) is 12.1 Å². The summed E-state index contributed by atoms with van der Waals surface area (Å²) < 4.78 is 31.4. The van der Waals surface area contributed by atoms with Gasteiger partial charge >= 0.3 is 0 Å². The van der Waals surface area contributed by atoms with Gasteiger partial charge in [-0.3, -0.25) is 15.1 Å². The van der Waals surface area contributed by atoms with Crippen LogP contribution in [0, 0.1) is 5.82 Å². The predicted molar refractivity (Wildman–Crippen MR) is 141 cm³/mol. The number of fused-ring (bicyclic) bond motifs is 1. The average molecular weight is 526 g/mol. The number of thiocarbonyl (C=S) groups is 1. The molecule has 10 heteroatoms. The topological polar surface area (TPSA) is 81.7 Å². The van der Waals surface area contributed by atoms with E-state index in [0.29, 0.717) is 45.3 Å². The number of carbonyl (C=O) groups is 1. The van der Waals surface area contributed by atoms with Crippen molar-refractivity contribution < 1.29 is 23.4 Å². The van der Waals surface area contributed by atoms with Gasteiger partial charge in [0.05, 0.1) is 19.7 Å². The van der Waals surface area contributed by atoms with E-state index in [1.54, 1.807) is 54.7 Å². The molecule has 36 heavy (non-hydrogen) atoms. The lowest BCUT2D eigenvalue weighted by molar-refractivity contribution is 0.0977. The van der Waals surface area contributed by atoms with Gasteiger partial charge < -0.3 is 19.5 Å². The third-order valence-corrected chi connectivity index (χ3v) is 5.73. The van der Waals surface area contributed by atoms with E-state index < -0.39 is 11.7 Å². The molecule has 1 aromatic heterocycles. The summed E-state index contributed by atoms with van der Waals surface area (Å²) in [6.45, 7) is 0. The van der Waals surface area contributed by atoms with Crippen LogP contribution in [0.25, 0.3) is 10.9 Å². The van der Waals surface area contributed by atoms with Crippen molar-refractivity contribution in [3.8, 4) is 23.0 Å². The van der Waals surface area contributed by atoms with Crippen LogP contribution in [0.4, 0.5) is 10.1 Å². The molecule has 0 spiro atoms. The van der Waals surface area contributed by atoms with E-state index in [-0.39, 0.29) is 10.9 Å². The standard InChI is InChI=1S/C26H21ClFN3O4S/c1-33-23-12-18-20(13-24(23)34-2)29-10-9-21(18)35-22-8-7-17(11-19(22)28)30-26(36)31-25(32)16-5-3-15(14-27)4-6-16/h3-13H,14H2,1-2H3,(H2,30,31,32,36). The molecule has 7 nitrogen and oxygen atoms in total. The summed E-state index contributed by atoms with van der Waals surface area (Å²) in [7, 11) is 3.06. The Morgan fingerprint density at radius 2 is 1.69 bits per heavy atom. The van der Waals surface area contributed by atoms with Gasteiger partial charge in [-0.05, 0) is 54.2 Å². The molecule has 0 saturated heterocycles. The highest BCUT2D eigenvalue weighted by atomic mass is 35.5. The molecule has 184 valence electrons. The predicted octanol–water partition coefficient (Wildman–Crippen LogP) is 6.05. The van der Waals surface area contributed by atoms with Gasteiger partial charge in [0, 0.05) is 40.8 Å². The van der Waals surface area contributed by atoms with Crippen LogP contribution in [-0.4, -0.2) is 30.2 Å². The van der Waals surface area contributed by atoms with E-state index in [9.17, 15) is 9.18 Å². The van der Waals surface area contributed by atoms with Crippen molar-refractivity contribution in [1.82, 2.24) is 10.3 Å². The second-order valence-electron chi connectivity index (χ2n) is 7.52. The van der Waals surface area contributed by atoms with Gasteiger partial charge in [-0.2, -0.15) is 0 Å². The Bertz CT molecular complexity index is 1430. The highest BCUT2D eigenvalue weighted by Crippen LogP contribution is 2.37. The Hall–Kier alpha value is -3.95. The zero-order valence-electron chi connectivity index (χ0n) is 19.3. The summed E-state index contributed by atoms with van der Waals surface area (Å²) in [5, 5.41) is 6.01. The minimum absolute atomic E-state index is 0.00262. The summed E-state index contributed by atoms with van der Waals surface area (Å²) in [5.74, 6) is 0.732. The number of anilines is 1. The van der Waals surface area contributed by atoms with Gasteiger partial charge in [0.1, 0.15) is 5.75 Å². The third-order valence-electron chi connectivity index (χ3n) is 5.21. The van der Waals surface area contributed by atoms with Crippen molar-refractivity contribution in [3.63, 3.8) is 0 Å². The van der Waals surface area contributed by atoms with Crippen LogP contribution < -0.4 is 24.8 Å². The molecule has 0 fully saturated rings. The van der Waals surface area contributed by atoms with Crippen molar-refractivity contribution in [2.24, 2.45) is 0 Å². The Morgan fingerprint density at radius 1 is 0.972 bits per heavy atom. The third kappa shape index (κ3) is 5.64. The van der Waals surface area contributed by atoms with Crippen LogP contribution in [0.2, 0.25) is 0 Å². The van der Waals surface area contributed by atoms with E-state index in [4.69, 9.17) is 38.0 Å². The number of nitrogens with one attached hydrogen (secondary N) is 2. The van der Waals surface area contributed by atoms with Crippen LogP contribution in [0.3, 0.4) is 0 Å². The molecule has 0 aliphatic rings. The summed E-state index contributed by atoms with van der Waals surface area (Å²) >= 11 is 11.0. The van der Waals surface area contributed by atoms with Crippen LogP contribution >= 0.6 is 23.8 Å². The number of benzene rings is 3. The van der Waals surface area contributed by atoms with Gasteiger partial charge in [0.15, 0.2) is 28.2 Å². The maximum atomic E-state index is 14.9. The quantitative estimate of drug-likeness (QED) is 0.224. The molecule has 0 atom stereocenters.